The van der Waals surface area contributed by atoms with Gasteiger partial charge < -0.3 is 0 Å². The molecular weight excluding hydrogens is 263 g/mol. The summed E-state index contributed by atoms with van der Waals surface area (Å²) in [6, 6.07) is 7.71. The molecule has 0 amide bonds. The first kappa shape index (κ1) is 13.1. The fourth-order valence-electron chi connectivity index (χ4n) is 1.87. The number of hydrogen-bond acceptors (Lipinski definition) is 1. The lowest BCUT2D eigenvalue weighted by molar-refractivity contribution is -0.127. The van der Waals surface area contributed by atoms with Crippen LogP contribution in [0.1, 0.15) is 18.2 Å². The third-order valence-corrected chi connectivity index (χ3v) is 3.09. The van der Waals surface area contributed by atoms with Gasteiger partial charge in [0.25, 0.3) is 0 Å². The van der Waals surface area contributed by atoms with Gasteiger partial charge in [0.2, 0.25) is 0 Å². The average molecular weight is 273 g/mol. The van der Waals surface area contributed by atoms with Gasteiger partial charge in [-0.25, -0.2) is 0 Å². The number of benzene rings is 1. The largest absolute Gasteiger partial charge is 0.393 e. The summed E-state index contributed by atoms with van der Waals surface area (Å²) in [6.07, 6.45) is -4.92. The third kappa shape index (κ3) is 2.58. The Bertz CT molecular complexity index is 578. The Labute approximate surface area is 108 Å². The van der Waals surface area contributed by atoms with Crippen LogP contribution >= 0.6 is 11.6 Å². The van der Waals surface area contributed by atoms with Crippen LogP contribution in [0.15, 0.2) is 18.2 Å². The number of rotatable bonds is 2. The van der Waals surface area contributed by atoms with Gasteiger partial charge in [-0.05, 0) is 24.6 Å². The number of fused-ring (bicyclic) bond motifs is 1. The standard InChI is InChI=1S/C13H10ClF3N/c1-2-10-9(7-13(15,16)17)12(14)8-5-3-4-6-11(8)18-10/h4-6H,2,7H2,1H3. The van der Waals surface area contributed by atoms with Gasteiger partial charge in [0, 0.05) is 16.6 Å². The number of pyridine rings is 1. The van der Waals surface area contributed by atoms with Gasteiger partial charge in [-0.1, -0.05) is 24.6 Å². The molecule has 2 aromatic rings. The summed E-state index contributed by atoms with van der Waals surface area (Å²) < 4.78 is 37.6. The number of halogens is 4. The summed E-state index contributed by atoms with van der Waals surface area (Å²) in [6.45, 7) is 1.76. The lowest BCUT2D eigenvalue weighted by Gasteiger charge is -2.14. The van der Waals surface area contributed by atoms with Crippen LogP contribution in [0.2, 0.25) is 5.02 Å². The second-order valence-electron chi connectivity index (χ2n) is 3.94. The SMILES string of the molecule is CCc1nc2cc[c]cc2c(Cl)c1CC(F)(F)F. The van der Waals surface area contributed by atoms with Crippen LogP contribution in [0.3, 0.4) is 0 Å². The molecule has 0 bridgehead atoms. The molecule has 2 rings (SSSR count). The van der Waals surface area contributed by atoms with E-state index in [2.05, 4.69) is 11.1 Å². The highest BCUT2D eigenvalue weighted by Crippen LogP contribution is 2.33. The van der Waals surface area contributed by atoms with Gasteiger partial charge in [0.15, 0.2) is 0 Å². The van der Waals surface area contributed by atoms with Crippen LogP contribution in [-0.2, 0) is 12.8 Å². The molecule has 0 atom stereocenters. The van der Waals surface area contributed by atoms with Gasteiger partial charge in [0.05, 0.1) is 17.0 Å². The molecule has 0 saturated carbocycles. The quantitative estimate of drug-likeness (QED) is 0.792. The van der Waals surface area contributed by atoms with E-state index in [0.717, 1.165) is 0 Å². The molecule has 1 aromatic heterocycles. The number of nitrogens with zero attached hydrogens (tertiary/aromatic N) is 1. The molecule has 0 fully saturated rings. The molecule has 1 heterocycles. The second-order valence-corrected chi connectivity index (χ2v) is 4.32. The highest BCUT2D eigenvalue weighted by Gasteiger charge is 2.31. The van der Waals surface area contributed by atoms with Crippen molar-refractivity contribution in [1.82, 2.24) is 4.98 Å². The molecule has 0 N–H and O–H groups in total. The number of aryl methyl sites for hydroxylation is 1. The lowest BCUT2D eigenvalue weighted by Crippen LogP contribution is -2.14. The fraction of sp³-hybridized carbons (Fsp3) is 0.308. The summed E-state index contributed by atoms with van der Waals surface area (Å²) in [7, 11) is 0. The fourth-order valence-corrected chi connectivity index (χ4v) is 2.20. The molecule has 0 saturated heterocycles. The van der Waals surface area contributed by atoms with Crippen LogP contribution in [0.4, 0.5) is 13.2 Å². The minimum absolute atomic E-state index is 0.0683. The molecule has 1 nitrogen and oxygen atoms in total. The van der Waals surface area contributed by atoms with Crippen LogP contribution in [0.5, 0.6) is 0 Å². The Kier molecular flexibility index (Phi) is 3.48. The van der Waals surface area contributed by atoms with Gasteiger partial charge >= 0.3 is 6.18 Å². The average Bonchev–Trinajstić information content (AvgIpc) is 2.31. The van der Waals surface area contributed by atoms with E-state index in [9.17, 15) is 13.2 Å². The molecule has 18 heavy (non-hydrogen) atoms. The summed E-state index contributed by atoms with van der Waals surface area (Å²) in [4.78, 5) is 4.23. The highest BCUT2D eigenvalue weighted by atomic mass is 35.5. The molecule has 0 aliphatic rings. The van der Waals surface area contributed by atoms with Crippen LogP contribution in [0.25, 0.3) is 10.9 Å². The highest BCUT2D eigenvalue weighted by molar-refractivity contribution is 6.36. The molecule has 0 unspecified atom stereocenters. The summed E-state index contributed by atoms with van der Waals surface area (Å²) in [5, 5.41) is 0.640. The van der Waals surface area contributed by atoms with Crippen molar-refractivity contribution in [3.63, 3.8) is 0 Å². The summed E-state index contributed by atoms with van der Waals surface area (Å²) in [5.74, 6) is 0. The van der Waals surface area contributed by atoms with E-state index in [4.69, 9.17) is 11.6 Å². The number of alkyl halides is 3. The maximum absolute atomic E-state index is 12.5. The monoisotopic (exact) mass is 272 g/mol. The van der Waals surface area contributed by atoms with E-state index in [1.54, 1.807) is 25.1 Å². The van der Waals surface area contributed by atoms with Crippen molar-refractivity contribution in [2.45, 2.75) is 25.9 Å². The predicted molar refractivity (Wildman–Crippen MR) is 64.7 cm³/mol. The van der Waals surface area contributed by atoms with Crippen LogP contribution in [-0.4, -0.2) is 11.2 Å². The Morgan fingerprint density at radius 3 is 2.72 bits per heavy atom. The first-order valence-corrected chi connectivity index (χ1v) is 5.84. The van der Waals surface area contributed by atoms with Crippen molar-refractivity contribution < 1.29 is 13.2 Å². The molecule has 1 radical (unpaired) electrons. The van der Waals surface area contributed by atoms with Gasteiger partial charge in [-0.2, -0.15) is 13.2 Å². The maximum atomic E-state index is 12.5. The minimum Gasteiger partial charge on any atom is -0.252 e. The van der Waals surface area contributed by atoms with Gasteiger partial charge in [-0.15, -0.1) is 0 Å². The number of hydrogen-bond donors (Lipinski definition) is 0. The smallest absolute Gasteiger partial charge is 0.252 e. The Morgan fingerprint density at radius 2 is 2.11 bits per heavy atom. The molecule has 1 aromatic carbocycles. The zero-order valence-electron chi connectivity index (χ0n) is 9.61. The first-order chi connectivity index (χ1) is 8.42. The molecule has 0 aliphatic heterocycles. The Morgan fingerprint density at radius 1 is 1.39 bits per heavy atom. The van der Waals surface area contributed by atoms with Crippen LogP contribution < -0.4 is 0 Å². The zero-order valence-corrected chi connectivity index (χ0v) is 10.4. The van der Waals surface area contributed by atoms with E-state index in [1.807, 2.05) is 0 Å². The topological polar surface area (TPSA) is 12.9 Å². The van der Waals surface area contributed by atoms with E-state index in [0.29, 0.717) is 23.0 Å². The van der Waals surface area contributed by atoms with E-state index < -0.39 is 12.6 Å². The molecule has 95 valence electrons. The van der Waals surface area contributed by atoms with Crippen molar-refractivity contribution in [3.05, 3.63) is 40.5 Å². The second kappa shape index (κ2) is 4.76. The van der Waals surface area contributed by atoms with E-state index >= 15 is 0 Å². The Hall–Kier alpha value is -1.29. The van der Waals surface area contributed by atoms with Crippen LogP contribution in [0, 0.1) is 6.07 Å². The molecule has 5 heteroatoms. The van der Waals surface area contributed by atoms with Crippen molar-refractivity contribution in [2.24, 2.45) is 0 Å². The molecular formula is C13H10ClF3N. The Balaban J connectivity index is 2.66. The predicted octanol–water partition coefficient (Wildman–Crippen LogP) is 4.36. The van der Waals surface area contributed by atoms with E-state index in [1.165, 1.54) is 0 Å². The van der Waals surface area contributed by atoms with Crippen molar-refractivity contribution in [3.8, 4) is 0 Å². The summed E-state index contributed by atoms with van der Waals surface area (Å²) in [5.41, 5.74) is 1.07. The summed E-state index contributed by atoms with van der Waals surface area (Å²) >= 11 is 6.07. The van der Waals surface area contributed by atoms with E-state index in [-0.39, 0.29) is 10.6 Å². The molecule has 0 spiro atoms. The molecule has 0 aliphatic carbocycles. The lowest BCUT2D eigenvalue weighted by atomic mass is 10.0. The normalized spacial score (nSPS) is 12.1. The number of aromatic nitrogens is 1. The zero-order chi connectivity index (χ0) is 13.3. The van der Waals surface area contributed by atoms with Gasteiger partial charge in [-0.3, -0.25) is 4.98 Å². The maximum Gasteiger partial charge on any atom is 0.393 e. The minimum atomic E-state index is -4.29. The van der Waals surface area contributed by atoms with Crippen molar-refractivity contribution in [1.29, 1.82) is 0 Å². The first-order valence-electron chi connectivity index (χ1n) is 5.46. The van der Waals surface area contributed by atoms with Crippen molar-refractivity contribution in [2.75, 3.05) is 0 Å². The van der Waals surface area contributed by atoms with Gasteiger partial charge in [0.1, 0.15) is 0 Å². The van der Waals surface area contributed by atoms with Crippen molar-refractivity contribution >= 4 is 22.5 Å². The third-order valence-electron chi connectivity index (χ3n) is 2.66.